The molecule has 0 aliphatic heterocycles. The highest BCUT2D eigenvalue weighted by Crippen LogP contribution is 2.32. The Balaban J connectivity index is 0.000000517. The molecule has 0 saturated carbocycles. The lowest BCUT2D eigenvalue weighted by atomic mass is 10.0. The number of nitrogens with zero attached hydrogens (tertiary/aromatic N) is 2. The van der Waals surface area contributed by atoms with Crippen LogP contribution in [0.4, 0.5) is 26.3 Å². The lowest BCUT2D eigenvalue weighted by Crippen LogP contribution is -2.21. The second-order valence-corrected chi connectivity index (χ2v) is 9.18. The first-order chi connectivity index (χ1) is 19.9. The molecule has 0 bridgehead atoms. The summed E-state index contributed by atoms with van der Waals surface area (Å²) in [5, 5.41) is 10.6. The van der Waals surface area contributed by atoms with E-state index in [9.17, 15) is 26.3 Å². The quantitative estimate of drug-likeness (QED) is 0.138. The van der Waals surface area contributed by atoms with Gasteiger partial charge in [0.1, 0.15) is 5.82 Å². The number of H-pyrrole nitrogens is 1. The Morgan fingerprint density at radius 2 is 1.48 bits per heavy atom. The second-order valence-electron chi connectivity index (χ2n) is 9.18. The van der Waals surface area contributed by atoms with Crippen LogP contribution in [-0.2, 0) is 23.9 Å². The van der Waals surface area contributed by atoms with Gasteiger partial charge in [0.25, 0.3) is 0 Å². The first kappa shape index (κ1) is 30.3. The molecular weight excluding hydrogens is 562 g/mol. The number of pyridine rings is 1. The average Bonchev–Trinajstić information content (AvgIpc) is 3.40. The number of hydrogen-bond donors (Lipinski definition) is 3. The molecule has 0 saturated heterocycles. The molecule has 0 aliphatic carbocycles. The number of carboxylic acids is 1. The summed E-state index contributed by atoms with van der Waals surface area (Å²) in [6, 6.07) is 23.8. The standard InChI is InChI=1S/C28H23F3N4.C2HF3O2/c29-28(30,31)24-8-9-25-26(17-24)35-27(34-25)23-3-1-2-22(16-23)21-6-4-20(5-7-21)18-33-15-12-19-10-13-32-14-11-19;3-2(4,5)1(6)7/h1-11,13-14,16-17,33H,12,15,18H2,(H,34,35);(H,6,7). The number of rotatable bonds is 7. The fourth-order valence-corrected chi connectivity index (χ4v) is 4.00. The lowest BCUT2D eigenvalue weighted by molar-refractivity contribution is -0.192. The fraction of sp³-hybridized carbons (Fsp3) is 0.167. The molecule has 0 atom stereocenters. The molecular formula is C30H24F6N4O2. The zero-order valence-electron chi connectivity index (χ0n) is 21.8. The monoisotopic (exact) mass is 586 g/mol. The van der Waals surface area contributed by atoms with Crippen molar-refractivity contribution in [3.8, 4) is 22.5 Å². The Morgan fingerprint density at radius 1 is 0.810 bits per heavy atom. The lowest BCUT2D eigenvalue weighted by Gasteiger charge is -2.08. The Labute approximate surface area is 236 Å². The second kappa shape index (κ2) is 12.9. The van der Waals surface area contributed by atoms with Crippen molar-refractivity contribution in [2.24, 2.45) is 0 Å². The van der Waals surface area contributed by atoms with E-state index in [0.29, 0.717) is 16.9 Å². The van der Waals surface area contributed by atoms with Gasteiger partial charge < -0.3 is 15.4 Å². The van der Waals surface area contributed by atoms with E-state index in [0.717, 1.165) is 48.3 Å². The van der Waals surface area contributed by atoms with Gasteiger partial charge in [-0.1, -0.05) is 42.5 Å². The van der Waals surface area contributed by atoms with Gasteiger partial charge in [0.05, 0.1) is 16.6 Å². The molecule has 3 N–H and O–H groups in total. The number of imidazole rings is 1. The molecule has 5 aromatic rings. The van der Waals surface area contributed by atoms with Crippen molar-refractivity contribution in [2.45, 2.75) is 25.3 Å². The summed E-state index contributed by atoms with van der Waals surface area (Å²) in [5.41, 5.74) is 5.50. The maximum atomic E-state index is 13.0. The Morgan fingerprint density at radius 3 is 2.12 bits per heavy atom. The number of carboxylic acid groups (broad SMARTS) is 1. The number of carbonyl (C=O) groups is 1. The van der Waals surface area contributed by atoms with E-state index in [4.69, 9.17) is 9.90 Å². The number of nitrogens with one attached hydrogen (secondary N) is 2. The van der Waals surface area contributed by atoms with E-state index in [2.05, 4.69) is 44.5 Å². The molecule has 42 heavy (non-hydrogen) atoms. The van der Waals surface area contributed by atoms with Gasteiger partial charge in [-0.25, -0.2) is 9.78 Å². The SMILES string of the molecule is FC(F)(F)c1ccc2nc(-c3cccc(-c4ccc(CNCCc5ccncc5)cc4)c3)[nH]c2c1.O=C(O)C(F)(F)F. The molecule has 3 aromatic carbocycles. The number of benzene rings is 3. The highest BCUT2D eigenvalue weighted by atomic mass is 19.4. The topological polar surface area (TPSA) is 90.9 Å². The molecule has 0 fully saturated rings. The van der Waals surface area contributed by atoms with Crippen LogP contribution in [-0.4, -0.2) is 38.7 Å². The number of aromatic nitrogens is 3. The van der Waals surface area contributed by atoms with Crippen molar-refractivity contribution >= 4 is 17.0 Å². The highest BCUT2D eigenvalue weighted by molar-refractivity contribution is 5.81. The summed E-state index contributed by atoms with van der Waals surface area (Å²) >= 11 is 0. The van der Waals surface area contributed by atoms with Crippen LogP contribution in [0.15, 0.2) is 91.3 Å². The molecule has 0 aliphatic rings. The molecule has 0 unspecified atom stereocenters. The van der Waals surface area contributed by atoms with Gasteiger partial charge in [0.2, 0.25) is 0 Å². The Bertz CT molecular complexity index is 1630. The van der Waals surface area contributed by atoms with Gasteiger partial charge in [0, 0.05) is 24.5 Å². The minimum absolute atomic E-state index is 0.362. The van der Waals surface area contributed by atoms with Gasteiger partial charge in [-0.3, -0.25) is 4.98 Å². The molecule has 0 spiro atoms. The van der Waals surface area contributed by atoms with Gasteiger partial charge in [-0.2, -0.15) is 26.3 Å². The van der Waals surface area contributed by atoms with Crippen molar-refractivity contribution in [1.82, 2.24) is 20.3 Å². The minimum Gasteiger partial charge on any atom is -0.475 e. The van der Waals surface area contributed by atoms with Crippen molar-refractivity contribution in [3.05, 3.63) is 108 Å². The zero-order valence-corrected chi connectivity index (χ0v) is 21.8. The third kappa shape index (κ3) is 8.16. The van der Waals surface area contributed by atoms with Crippen LogP contribution in [0, 0.1) is 0 Å². The fourth-order valence-electron chi connectivity index (χ4n) is 4.00. The molecule has 0 amide bonds. The summed E-state index contributed by atoms with van der Waals surface area (Å²) in [4.78, 5) is 20.4. The maximum Gasteiger partial charge on any atom is 0.490 e. The third-order valence-electron chi connectivity index (χ3n) is 6.14. The summed E-state index contributed by atoms with van der Waals surface area (Å²) in [5.74, 6) is -2.22. The van der Waals surface area contributed by atoms with Crippen molar-refractivity contribution in [1.29, 1.82) is 0 Å². The van der Waals surface area contributed by atoms with E-state index in [1.165, 1.54) is 17.2 Å². The van der Waals surface area contributed by atoms with E-state index in [-0.39, 0.29) is 0 Å². The van der Waals surface area contributed by atoms with E-state index in [1.54, 1.807) is 12.4 Å². The largest absolute Gasteiger partial charge is 0.490 e. The molecule has 5 rings (SSSR count). The maximum absolute atomic E-state index is 13.0. The van der Waals surface area contributed by atoms with Crippen LogP contribution in [0.3, 0.4) is 0 Å². The first-order valence-corrected chi connectivity index (χ1v) is 12.6. The smallest absolute Gasteiger partial charge is 0.475 e. The van der Waals surface area contributed by atoms with Gasteiger partial charge in [-0.05, 0) is 71.6 Å². The van der Waals surface area contributed by atoms with Crippen LogP contribution in [0.1, 0.15) is 16.7 Å². The Hall–Kier alpha value is -4.71. The average molecular weight is 587 g/mol. The van der Waals surface area contributed by atoms with Gasteiger partial charge in [0.15, 0.2) is 0 Å². The van der Waals surface area contributed by atoms with Gasteiger partial charge in [-0.15, -0.1) is 0 Å². The molecule has 2 aromatic heterocycles. The van der Waals surface area contributed by atoms with Gasteiger partial charge >= 0.3 is 18.3 Å². The van der Waals surface area contributed by atoms with Crippen LogP contribution in [0.25, 0.3) is 33.5 Å². The van der Waals surface area contributed by atoms with Crippen molar-refractivity contribution in [2.75, 3.05) is 6.54 Å². The minimum atomic E-state index is -5.08. The van der Waals surface area contributed by atoms with Crippen LogP contribution in [0.5, 0.6) is 0 Å². The normalized spacial score (nSPS) is 11.7. The van der Waals surface area contributed by atoms with E-state index < -0.39 is 23.9 Å². The summed E-state index contributed by atoms with van der Waals surface area (Å²) in [6.07, 6.45) is -4.91. The number of aliphatic carboxylic acids is 1. The first-order valence-electron chi connectivity index (χ1n) is 12.6. The number of fused-ring (bicyclic) bond motifs is 1. The predicted octanol–water partition coefficient (Wildman–Crippen LogP) is 7.28. The number of halogens is 6. The Kier molecular flexibility index (Phi) is 9.26. The number of hydrogen-bond acceptors (Lipinski definition) is 4. The van der Waals surface area contributed by atoms with Crippen LogP contribution in [0.2, 0.25) is 0 Å². The van der Waals surface area contributed by atoms with Crippen LogP contribution >= 0.6 is 0 Å². The molecule has 12 heteroatoms. The number of aromatic amines is 1. The van der Waals surface area contributed by atoms with E-state index in [1.807, 2.05) is 36.4 Å². The van der Waals surface area contributed by atoms with Crippen molar-refractivity contribution < 1.29 is 36.2 Å². The van der Waals surface area contributed by atoms with Crippen molar-refractivity contribution in [3.63, 3.8) is 0 Å². The van der Waals surface area contributed by atoms with Crippen LogP contribution < -0.4 is 5.32 Å². The molecule has 6 nitrogen and oxygen atoms in total. The highest BCUT2D eigenvalue weighted by Gasteiger charge is 2.38. The zero-order chi connectivity index (χ0) is 30.3. The number of alkyl halides is 6. The third-order valence-corrected chi connectivity index (χ3v) is 6.14. The summed E-state index contributed by atoms with van der Waals surface area (Å²) in [6.45, 7) is 1.67. The summed E-state index contributed by atoms with van der Waals surface area (Å²) in [7, 11) is 0. The molecule has 2 heterocycles. The van der Waals surface area contributed by atoms with E-state index >= 15 is 0 Å². The molecule has 0 radical (unpaired) electrons. The molecule has 218 valence electrons. The summed E-state index contributed by atoms with van der Waals surface area (Å²) < 4.78 is 70.8. The predicted molar refractivity (Wildman–Crippen MR) is 145 cm³/mol.